The van der Waals surface area contributed by atoms with E-state index in [1.807, 2.05) is 25.3 Å². The summed E-state index contributed by atoms with van der Waals surface area (Å²) in [5, 5.41) is 5.52. The molecule has 21 heavy (non-hydrogen) atoms. The monoisotopic (exact) mass is 300 g/mol. The number of nitrogens with zero attached hydrogens (tertiary/aromatic N) is 1. The second-order valence-corrected chi connectivity index (χ2v) is 5.70. The average molecular weight is 300 g/mol. The van der Waals surface area contributed by atoms with Gasteiger partial charge in [0.15, 0.2) is 0 Å². The van der Waals surface area contributed by atoms with Crippen LogP contribution in [0.4, 0.5) is 10.1 Å². The van der Waals surface area contributed by atoms with Crippen LogP contribution in [0.3, 0.4) is 0 Å². The second-order valence-electron chi connectivity index (χ2n) is 4.84. The summed E-state index contributed by atoms with van der Waals surface area (Å²) in [6.45, 7) is 3.91. The number of carbonyl (C=O) groups is 1. The maximum Gasteiger partial charge on any atom is 0.258 e. The second kappa shape index (κ2) is 5.26. The fourth-order valence-corrected chi connectivity index (χ4v) is 3.31. The highest BCUT2D eigenvalue weighted by Crippen LogP contribution is 2.32. The summed E-state index contributed by atoms with van der Waals surface area (Å²) in [6.07, 6.45) is 0. The molecule has 5 heteroatoms. The number of fused-ring (bicyclic) bond motifs is 1. The van der Waals surface area contributed by atoms with E-state index in [9.17, 15) is 9.18 Å². The Hall–Kier alpha value is -2.27. The van der Waals surface area contributed by atoms with Gasteiger partial charge in [0, 0.05) is 16.5 Å². The van der Waals surface area contributed by atoms with E-state index < -0.39 is 11.7 Å². The first-order valence-corrected chi connectivity index (χ1v) is 7.35. The van der Waals surface area contributed by atoms with E-state index in [1.54, 1.807) is 12.1 Å². The van der Waals surface area contributed by atoms with Gasteiger partial charge in [-0.3, -0.25) is 4.79 Å². The topological polar surface area (TPSA) is 42.0 Å². The molecule has 0 atom stereocenters. The van der Waals surface area contributed by atoms with Gasteiger partial charge in [0.25, 0.3) is 5.91 Å². The van der Waals surface area contributed by atoms with Crippen molar-refractivity contribution in [2.45, 2.75) is 13.8 Å². The average Bonchev–Trinajstić information content (AvgIpc) is 2.82. The van der Waals surface area contributed by atoms with Gasteiger partial charge >= 0.3 is 0 Å². The Morgan fingerprint density at radius 2 is 2.05 bits per heavy atom. The Morgan fingerprint density at radius 3 is 2.81 bits per heavy atom. The smallest absolute Gasteiger partial charge is 0.258 e. The fourth-order valence-electron chi connectivity index (χ4n) is 2.32. The van der Waals surface area contributed by atoms with Crippen molar-refractivity contribution in [1.82, 2.24) is 4.98 Å². The van der Waals surface area contributed by atoms with Crippen molar-refractivity contribution >= 4 is 33.1 Å². The first-order valence-electron chi connectivity index (χ1n) is 6.47. The molecule has 0 aliphatic heterocycles. The van der Waals surface area contributed by atoms with Crippen LogP contribution < -0.4 is 5.32 Å². The minimum atomic E-state index is -0.528. The number of rotatable bonds is 2. The Kier molecular flexibility index (Phi) is 3.43. The van der Waals surface area contributed by atoms with Crippen molar-refractivity contribution in [2.75, 3.05) is 5.32 Å². The molecular formula is C16H13FN2OS. The zero-order chi connectivity index (χ0) is 15.0. The molecule has 0 aliphatic rings. The van der Waals surface area contributed by atoms with Crippen LogP contribution in [-0.4, -0.2) is 10.9 Å². The molecule has 0 fully saturated rings. The molecule has 2 heterocycles. The number of hydrogen-bond acceptors (Lipinski definition) is 3. The van der Waals surface area contributed by atoms with Gasteiger partial charge in [0.1, 0.15) is 10.6 Å². The normalized spacial score (nSPS) is 10.8. The third-order valence-electron chi connectivity index (χ3n) is 3.24. The van der Waals surface area contributed by atoms with Crippen LogP contribution in [0.25, 0.3) is 10.2 Å². The van der Waals surface area contributed by atoms with Gasteiger partial charge in [-0.1, -0.05) is 12.1 Å². The third kappa shape index (κ3) is 2.52. The van der Waals surface area contributed by atoms with Gasteiger partial charge in [-0.2, -0.15) is 0 Å². The Balaban J connectivity index is 1.99. The molecule has 1 amide bonds. The summed E-state index contributed by atoms with van der Waals surface area (Å²) < 4.78 is 13.6. The summed E-state index contributed by atoms with van der Waals surface area (Å²) in [5.41, 5.74) is 2.69. The van der Waals surface area contributed by atoms with E-state index >= 15 is 0 Å². The molecule has 0 unspecified atom stereocenters. The Bertz CT molecular complexity index is 841. The van der Waals surface area contributed by atoms with Crippen molar-refractivity contribution in [3.05, 3.63) is 58.3 Å². The van der Waals surface area contributed by atoms with Crippen molar-refractivity contribution in [3.8, 4) is 0 Å². The molecule has 1 N–H and O–H groups in total. The highest BCUT2D eigenvalue weighted by Gasteiger charge is 2.15. The van der Waals surface area contributed by atoms with Crippen LogP contribution >= 0.6 is 11.3 Å². The number of halogens is 1. The Morgan fingerprint density at radius 1 is 1.29 bits per heavy atom. The van der Waals surface area contributed by atoms with Gasteiger partial charge in [0.2, 0.25) is 0 Å². The number of hydrogen-bond donors (Lipinski definition) is 1. The van der Waals surface area contributed by atoms with Gasteiger partial charge in [-0.15, -0.1) is 11.3 Å². The van der Waals surface area contributed by atoms with E-state index in [-0.39, 0.29) is 5.56 Å². The number of aromatic nitrogens is 1. The van der Waals surface area contributed by atoms with Gasteiger partial charge in [-0.05, 0) is 37.6 Å². The lowest BCUT2D eigenvalue weighted by atomic mass is 10.1. The number of amides is 1. The first kappa shape index (κ1) is 13.7. The van der Waals surface area contributed by atoms with E-state index in [1.165, 1.54) is 23.5 Å². The van der Waals surface area contributed by atoms with Crippen LogP contribution in [0.2, 0.25) is 0 Å². The largest absolute Gasteiger partial charge is 0.321 e. The lowest BCUT2D eigenvalue weighted by molar-refractivity contribution is 0.102. The lowest BCUT2D eigenvalue weighted by Gasteiger charge is -2.06. The van der Waals surface area contributed by atoms with Crippen molar-refractivity contribution in [1.29, 1.82) is 0 Å². The maximum atomic E-state index is 13.6. The summed E-state index contributed by atoms with van der Waals surface area (Å²) in [7, 11) is 0. The molecule has 0 saturated carbocycles. The van der Waals surface area contributed by atoms with E-state index in [2.05, 4.69) is 10.3 Å². The predicted octanol–water partition coefficient (Wildman–Crippen LogP) is 4.30. The molecule has 2 aromatic heterocycles. The summed E-state index contributed by atoms with van der Waals surface area (Å²) in [6, 6.07) is 7.90. The fraction of sp³-hybridized carbons (Fsp3) is 0.125. The summed E-state index contributed by atoms with van der Waals surface area (Å²) in [4.78, 5) is 17.5. The first-order chi connectivity index (χ1) is 10.1. The van der Waals surface area contributed by atoms with Crippen molar-refractivity contribution in [3.63, 3.8) is 0 Å². The van der Waals surface area contributed by atoms with Gasteiger partial charge < -0.3 is 5.32 Å². The highest BCUT2D eigenvalue weighted by molar-refractivity contribution is 7.17. The van der Waals surface area contributed by atoms with Crippen LogP contribution in [-0.2, 0) is 0 Å². The van der Waals surface area contributed by atoms with Crippen LogP contribution in [0.5, 0.6) is 0 Å². The predicted molar refractivity (Wildman–Crippen MR) is 83.4 cm³/mol. The third-order valence-corrected chi connectivity index (χ3v) is 4.11. The number of aryl methyl sites for hydroxylation is 2. The minimum absolute atomic E-state index is 0.0366. The lowest BCUT2D eigenvalue weighted by Crippen LogP contribution is -2.13. The van der Waals surface area contributed by atoms with E-state index in [0.29, 0.717) is 5.69 Å². The number of pyridine rings is 1. The molecule has 0 radical (unpaired) electrons. The van der Waals surface area contributed by atoms with Crippen LogP contribution in [0, 0.1) is 19.7 Å². The van der Waals surface area contributed by atoms with Crippen LogP contribution in [0.1, 0.15) is 21.6 Å². The number of anilines is 1. The van der Waals surface area contributed by atoms with Gasteiger partial charge in [0.05, 0.1) is 11.3 Å². The van der Waals surface area contributed by atoms with Crippen molar-refractivity contribution in [2.24, 2.45) is 0 Å². The highest BCUT2D eigenvalue weighted by atomic mass is 32.1. The standard InChI is InChI=1S/C16H13FN2OS/c1-9-7-10(2)18-16-14(9)13(8-21-16)19-15(20)11-5-3-4-6-12(11)17/h3-8H,1-2H3,(H,19,20). The molecule has 106 valence electrons. The summed E-state index contributed by atoms with van der Waals surface area (Å²) in [5.74, 6) is -0.979. The van der Waals surface area contributed by atoms with E-state index in [4.69, 9.17) is 0 Å². The number of nitrogens with one attached hydrogen (secondary N) is 1. The molecule has 1 aromatic carbocycles. The SMILES string of the molecule is Cc1cc(C)c2c(NC(=O)c3ccccc3F)csc2n1. The zero-order valence-electron chi connectivity index (χ0n) is 11.6. The molecule has 0 spiro atoms. The number of benzene rings is 1. The zero-order valence-corrected chi connectivity index (χ0v) is 12.4. The molecule has 0 saturated heterocycles. The van der Waals surface area contributed by atoms with E-state index in [0.717, 1.165) is 21.5 Å². The minimum Gasteiger partial charge on any atom is -0.321 e. The Labute approximate surface area is 125 Å². The molecule has 0 bridgehead atoms. The van der Waals surface area contributed by atoms with Crippen LogP contribution in [0.15, 0.2) is 35.7 Å². The molecule has 3 aromatic rings. The molecule has 3 nitrogen and oxygen atoms in total. The number of carbonyl (C=O) groups excluding carboxylic acids is 1. The molecule has 3 rings (SSSR count). The van der Waals surface area contributed by atoms with Gasteiger partial charge in [-0.25, -0.2) is 9.37 Å². The van der Waals surface area contributed by atoms with Crippen molar-refractivity contribution < 1.29 is 9.18 Å². The maximum absolute atomic E-state index is 13.6. The molecule has 0 aliphatic carbocycles. The quantitative estimate of drug-likeness (QED) is 0.766. The molecular weight excluding hydrogens is 287 g/mol. The summed E-state index contributed by atoms with van der Waals surface area (Å²) >= 11 is 1.46. The number of thiophene rings is 1.